The van der Waals surface area contributed by atoms with Crippen molar-refractivity contribution in [3.05, 3.63) is 82.2 Å². The third kappa shape index (κ3) is 4.72. The number of carbonyl (C=O) groups excluding carboxylic acids is 1. The van der Waals surface area contributed by atoms with Gasteiger partial charge < -0.3 is 5.32 Å². The fraction of sp³-hybridized carbons (Fsp3) is 0.360. The van der Waals surface area contributed by atoms with E-state index in [-0.39, 0.29) is 23.0 Å². The number of benzene rings is 2. The largest absolute Gasteiger partial charge is 0.347 e. The molecule has 2 aromatic carbocycles. The SMILES string of the molecule is Cc1cccc(CNC(=O)c2nn(C)c3c2CN(S(=O)(=O)c2ccc(C(C)C)cc2)CC3)c1. The standard InChI is InChI=1S/C25H30N4O3S/c1-17(2)20-8-10-21(11-9-20)33(31,32)29-13-12-23-22(16-29)24(27-28(23)4)25(30)26-15-19-7-5-6-18(3)14-19/h5-11,14,17H,12-13,15-16H2,1-4H3,(H,26,30). The third-order valence-corrected chi connectivity index (χ3v) is 8.00. The van der Waals surface area contributed by atoms with Crippen LogP contribution in [0.5, 0.6) is 0 Å². The second-order valence-corrected chi connectivity index (χ2v) is 10.8. The van der Waals surface area contributed by atoms with Gasteiger partial charge in [-0.15, -0.1) is 0 Å². The van der Waals surface area contributed by atoms with Crippen LogP contribution in [0, 0.1) is 6.92 Å². The summed E-state index contributed by atoms with van der Waals surface area (Å²) >= 11 is 0. The lowest BCUT2D eigenvalue weighted by Gasteiger charge is -2.27. The summed E-state index contributed by atoms with van der Waals surface area (Å²) in [6, 6.07) is 15.0. The molecule has 0 radical (unpaired) electrons. The molecule has 2 heterocycles. The molecule has 0 saturated heterocycles. The number of nitrogens with zero attached hydrogens (tertiary/aromatic N) is 3. The van der Waals surface area contributed by atoms with Gasteiger partial charge in [0.2, 0.25) is 10.0 Å². The van der Waals surface area contributed by atoms with Gasteiger partial charge in [-0.25, -0.2) is 8.42 Å². The summed E-state index contributed by atoms with van der Waals surface area (Å²) in [6.07, 6.45) is 0.507. The van der Waals surface area contributed by atoms with Crippen molar-refractivity contribution in [3.63, 3.8) is 0 Å². The highest BCUT2D eigenvalue weighted by Crippen LogP contribution is 2.28. The average molecular weight is 467 g/mol. The Labute approximate surface area is 195 Å². The van der Waals surface area contributed by atoms with Crippen LogP contribution in [0.3, 0.4) is 0 Å². The fourth-order valence-corrected chi connectivity index (χ4v) is 5.63. The van der Waals surface area contributed by atoms with E-state index >= 15 is 0 Å². The summed E-state index contributed by atoms with van der Waals surface area (Å²) in [5.41, 5.74) is 5.08. The Morgan fingerprint density at radius 1 is 1.15 bits per heavy atom. The van der Waals surface area contributed by atoms with Gasteiger partial charge in [0.25, 0.3) is 5.91 Å². The van der Waals surface area contributed by atoms with Crippen molar-refractivity contribution in [3.8, 4) is 0 Å². The highest BCUT2D eigenvalue weighted by molar-refractivity contribution is 7.89. The van der Waals surface area contributed by atoms with Crippen molar-refractivity contribution in [2.75, 3.05) is 6.54 Å². The number of carbonyl (C=O) groups is 1. The maximum Gasteiger partial charge on any atom is 0.272 e. The molecule has 0 spiro atoms. The van der Waals surface area contributed by atoms with Crippen LogP contribution in [0.2, 0.25) is 0 Å². The number of sulfonamides is 1. The number of nitrogens with one attached hydrogen (secondary N) is 1. The molecule has 4 rings (SSSR count). The Kier molecular flexibility index (Phi) is 6.41. The van der Waals surface area contributed by atoms with Crippen molar-refractivity contribution < 1.29 is 13.2 Å². The topological polar surface area (TPSA) is 84.3 Å². The molecule has 7 nitrogen and oxygen atoms in total. The van der Waals surface area contributed by atoms with Gasteiger partial charge in [0, 0.05) is 44.4 Å². The first-order valence-electron chi connectivity index (χ1n) is 11.2. The molecule has 33 heavy (non-hydrogen) atoms. The molecule has 1 amide bonds. The Morgan fingerprint density at radius 3 is 2.55 bits per heavy atom. The second-order valence-electron chi connectivity index (χ2n) is 8.88. The zero-order valence-corrected chi connectivity index (χ0v) is 20.3. The second kappa shape index (κ2) is 9.11. The maximum absolute atomic E-state index is 13.3. The van der Waals surface area contributed by atoms with Crippen LogP contribution in [0.1, 0.15) is 58.2 Å². The van der Waals surface area contributed by atoms with Gasteiger partial charge in [0.15, 0.2) is 5.69 Å². The summed E-state index contributed by atoms with van der Waals surface area (Å²) in [6.45, 7) is 7.02. The van der Waals surface area contributed by atoms with Crippen LogP contribution in [-0.2, 0) is 36.6 Å². The van der Waals surface area contributed by atoms with Gasteiger partial charge >= 0.3 is 0 Å². The van der Waals surface area contributed by atoms with Crippen LogP contribution >= 0.6 is 0 Å². The molecule has 0 fully saturated rings. The van der Waals surface area contributed by atoms with E-state index in [4.69, 9.17) is 0 Å². The normalized spacial score (nSPS) is 14.3. The number of hydrogen-bond acceptors (Lipinski definition) is 4. The van der Waals surface area contributed by atoms with Crippen molar-refractivity contribution in [1.29, 1.82) is 0 Å². The molecule has 1 N–H and O–H groups in total. The molecule has 3 aromatic rings. The molecule has 1 aromatic heterocycles. The lowest BCUT2D eigenvalue weighted by atomic mass is 10.0. The minimum Gasteiger partial charge on any atom is -0.347 e. The summed E-state index contributed by atoms with van der Waals surface area (Å²) in [5.74, 6) is 0.0319. The molecule has 0 atom stereocenters. The number of rotatable bonds is 6. The molecule has 0 unspecified atom stereocenters. The maximum atomic E-state index is 13.3. The zero-order valence-electron chi connectivity index (χ0n) is 19.5. The van der Waals surface area contributed by atoms with Crippen molar-refractivity contribution in [2.45, 2.75) is 51.1 Å². The summed E-state index contributed by atoms with van der Waals surface area (Å²) in [7, 11) is -1.88. The smallest absolute Gasteiger partial charge is 0.272 e. The lowest BCUT2D eigenvalue weighted by Crippen LogP contribution is -2.37. The predicted molar refractivity (Wildman–Crippen MR) is 127 cm³/mol. The molecule has 0 aliphatic carbocycles. The van der Waals surface area contributed by atoms with Gasteiger partial charge in [-0.2, -0.15) is 9.40 Å². The van der Waals surface area contributed by atoms with E-state index in [1.807, 2.05) is 43.3 Å². The number of fused-ring (bicyclic) bond motifs is 1. The minimum absolute atomic E-state index is 0.130. The van der Waals surface area contributed by atoms with Crippen LogP contribution in [0.15, 0.2) is 53.4 Å². The molecular weight excluding hydrogens is 436 g/mol. The highest BCUT2D eigenvalue weighted by atomic mass is 32.2. The first-order valence-corrected chi connectivity index (χ1v) is 12.6. The first-order chi connectivity index (χ1) is 15.7. The summed E-state index contributed by atoms with van der Waals surface area (Å²) in [5, 5.41) is 7.35. The number of hydrogen-bond donors (Lipinski definition) is 1. The lowest BCUT2D eigenvalue weighted by molar-refractivity contribution is 0.0943. The van der Waals surface area contributed by atoms with E-state index in [1.165, 1.54) is 4.31 Å². The molecule has 1 aliphatic rings. The molecule has 1 aliphatic heterocycles. The van der Waals surface area contributed by atoms with Gasteiger partial charge in [-0.3, -0.25) is 9.48 Å². The van der Waals surface area contributed by atoms with Crippen molar-refractivity contribution >= 4 is 15.9 Å². The Morgan fingerprint density at radius 2 is 1.88 bits per heavy atom. The predicted octanol–water partition coefficient (Wildman–Crippen LogP) is 3.53. The Hall–Kier alpha value is -2.97. The van der Waals surface area contributed by atoms with Gasteiger partial charge in [-0.1, -0.05) is 55.8 Å². The minimum atomic E-state index is -3.68. The Balaban J connectivity index is 1.55. The molecule has 0 bridgehead atoms. The Bertz CT molecular complexity index is 1280. The highest BCUT2D eigenvalue weighted by Gasteiger charge is 2.33. The monoisotopic (exact) mass is 466 g/mol. The van der Waals surface area contributed by atoms with Gasteiger partial charge in [-0.05, 0) is 36.1 Å². The van der Waals surface area contributed by atoms with Crippen molar-refractivity contribution in [2.24, 2.45) is 7.05 Å². The molecule has 0 saturated carbocycles. The van der Waals surface area contributed by atoms with E-state index in [1.54, 1.807) is 23.9 Å². The summed E-state index contributed by atoms with van der Waals surface area (Å²) < 4.78 is 29.7. The average Bonchev–Trinajstić information content (AvgIpc) is 3.13. The van der Waals surface area contributed by atoms with Crippen LogP contribution in [0.4, 0.5) is 0 Å². The van der Waals surface area contributed by atoms with E-state index in [2.05, 4.69) is 24.3 Å². The summed E-state index contributed by atoms with van der Waals surface area (Å²) in [4.78, 5) is 13.2. The van der Waals surface area contributed by atoms with Gasteiger partial charge in [0.05, 0.1) is 4.90 Å². The van der Waals surface area contributed by atoms with E-state index in [9.17, 15) is 13.2 Å². The van der Waals surface area contributed by atoms with E-state index in [0.717, 1.165) is 22.4 Å². The zero-order chi connectivity index (χ0) is 23.8. The quantitative estimate of drug-likeness (QED) is 0.602. The number of aromatic nitrogens is 2. The van der Waals surface area contributed by atoms with E-state index < -0.39 is 10.0 Å². The molecular formula is C25H30N4O3S. The first kappa shape index (κ1) is 23.2. The number of amides is 1. The van der Waals surface area contributed by atoms with Crippen LogP contribution in [-0.4, -0.2) is 35.0 Å². The van der Waals surface area contributed by atoms with Crippen LogP contribution < -0.4 is 5.32 Å². The van der Waals surface area contributed by atoms with Crippen molar-refractivity contribution in [1.82, 2.24) is 19.4 Å². The third-order valence-electron chi connectivity index (χ3n) is 6.14. The number of aryl methyl sites for hydroxylation is 2. The fourth-order valence-electron chi connectivity index (χ4n) is 4.22. The van der Waals surface area contributed by atoms with Gasteiger partial charge in [0.1, 0.15) is 0 Å². The molecule has 8 heteroatoms. The van der Waals surface area contributed by atoms with Crippen LogP contribution in [0.25, 0.3) is 0 Å². The molecule has 174 valence electrons. The van der Waals surface area contributed by atoms with E-state index in [0.29, 0.717) is 31.0 Å².